The second-order valence-corrected chi connectivity index (χ2v) is 9.07. The highest BCUT2D eigenvalue weighted by Gasteiger charge is 2.48. The van der Waals surface area contributed by atoms with Gasteiger partial charge in [-0.2, -0.15) is 0 Å². The fourth-order valence-electron chi connectivity index (χ4n) is 2.94. The molecule has 1 saturated heterocycles. The number of ketones is 1. The van der Waals surface area contributed by atoms with Crippen LogP contribution in [0.25, 0.3) is 0 Å². The monoisotopic (exact) mass is 532 g/mol. The van der Waals surface area contributed by atoms with Crippen molar-refractivity contribution in [3.05, 3.63) is 53.4 Å². The maximum Gasteiger partial charge on any atom is 0.290 e. The zero-order valence-corrected chi connectivity index (χ0v) is 23.3. The second kappa shape index (κ2) is 16.3. The minimum absolute atomic E-state index is 0.0488. The zero-order chi connectivity index (χ0) is 28.7. The summed E-state index contributed by atoms with van der Waals surface area (Å²) in [6.07, 6.45) is 1.25. The molecule has 3 amide bonds. The number of methoxy groups -OCH3 is 1. The van der Waals surface area contributed by atoms with Gasteiger partial charge >= 0.3 is 0 Å². The minimum Gasteiger partial charge on any atom is -0.382 e. The Labute approximate surface area is 224 Å². The Hall–Kier alpha value is -3.57. The normalized spacial score (nSPS) is 16.8. The standard InChI is InChI=1S/C17H24N4O7.C7H8.C3H8/c1-9-5-12(28-21-9)16(25)20-11(7-26-4)15(24)18-6-13(22)19-10(2)14(23)17(3)8-27-17;1-7-5-3-2-4-6-7;1-3-2/h5,10-11H,6-8H2,1-4H3,(H,18,24)(H,19,22)(H,20,25);2-6H,1H3;3H2,1-2H3/t10-,11-,17?;;/m0../s1. The molecule has 38 heavy (non-hydrogen) atoms. The first kappa shape index (κ1) is 32.5. The Bertz CT molecular complexity index is 1040. The molecule has 210 valence electrons. The van der Waals surface area contributed by atoms with Crippen LogP contribution in [0.3, 0.4) is 0 Å². The van der Waals surface area contributed by atoms with Gasteiger partial charge in [0.25, 0.3) is 5.91 Å². The summed E-state index contributed by atoms with van der Waals surface area (Å²) in [6, 6.07) is 9.89. The summed E-state index contributed by atoms with van der Waals surface area (Å²) < 4.78 is 14.8. The van der Waals surface area contributed by atoms with Gasteiger partial charge < -0.3 is 29.9 Å². The average molecular weight is 533 g/mol. The molecule has 0 bridgehead atoms. The molecule has 3 atom stereocenters. The number of hydrogen-bond acceptors (Lipinski definition) is 8. The largest absolute Gasteiger partial charge is 0.382 e. The molecule has 1 fully saturated rings. The maximum absolute atomic E-state index is 12.3. The number of ether oxygens (including phenoxy) is 2. The number of amides is 3. The van der Waals surface area contributed by atoms with Crippen LogP contribution in [-0.4, -0.2) is 73.2 Å². The van der Waals surface area contributed by atoms with E-state index in [1.54, 1.807) is 20.8 Å². The van der Waals surface area contributed by atoms with Gasteiger partial charge in [0.1, 0.15) is 11.6 Å². The van der Waals surface area contributed by atoms with E-state index in [0.717, 1.165) is 0 Å². The van der Waals surface area contributed by atoms with Gasteiger partial charge in [0.15, 0.2) is 5.78 Å². The lowest BCUT2D eigenvalue weighted by Gasteiger charge is -2.18. The molecule has 11 nitrogen and oxygen atoms in total. The first-order valence-corrected chi connectivity index (χ1v) is 12.5. The summed E-state index contributed by atoms with van der Waals surface area (Å²) >= 11 is 0. The third-order valence-corrected chi connectivity index (χ3v) is 5.04. The Kier molecular flexibility index (Phi) is 13.9. The molecule has 0 radical (unpaired) electrons. The smallest absolute Gasteiger partial charge is 0.290 e. The molecule has 3 N–H and O–H groups in total. The van der Waals surface area contributed by atoms with E-state index in [0.29, 0.717) is 12.3 Å². The van der Waals surface area contributed by atoms with Crippen molar-refractivity contribution in [1.29, 1.82) is 0 Å². The van der Waals surface area contributed by atoms with E-state index in [4.69, 9.17) is 14.0 Å². The molecular weight excluding hydrogens is 492 g/mol. The predicted octanol–water partition coefficient (Wildman–Crippen LogP) is 2.12. The molecule has 0 spiro atoms. The molecule has 0 saturated carbocycles. The third-order valence-electron chi connectivity index (χ3n) is 5.04. The number of rotatable bonds is 10. The lowest BCUT2D eigenvalue weighted by Crippen LogP contribution is -2.52. The molecule has 3 rings (SSSR count). The predicted molar refractivity (Wildman–Crippen MR) is 141 cm³/mol. The third kappa shape index (κ3) is 11.7. The number of benzene rings is 1. The molecule has 1 aliphatic rings. The number of nitrogens with one attached hydrogen (secondary N) is 3. The quantitative estimate of drug-likeness (QED) is 0.394. The highest BCUT2D eigenvalue weighted by Crippen LogP contribution is 2.28. The number of nitrogens with zero attached hydrogens (tertiary/aromatic N) is 1. The van der Waals surface area contributed by atoms with Crippen molar-refractivity contribution in [2.45, 2.75) is 65.6 Å². The molecule has 2 aromatic rings. The molecule has 1 unspecified atom stereocenters. The van der Waals surface area contributed by atoms with Crippen molar-refractivity contribution in [3.63, 3.8) is 0 Å². The van der Waals surface area contributed by atoms with E-state index in [-0.39, 0.29) is 24.7 Å². The van der Waals surface area contributed by atoms with Gasteiger partial charge in [-0.1, -0.05) is 61.3 Å². The van der Waals surface area contributed by atoms with Crippen molar-refractivity contribution in [2.24, 2.45) is 0 Å². The van der Waals surface area contributed by atoms with E-state index in [1.807, 2.05) is 18.2 Å². The van der Waals surface area contributed by atoms with Gasteiger partial charge in [-0.3, -0.25) is 19.2 Å². The highest BCUT2D eigenvalue weighted by molar-refractivity contribution is 5.98. The van der Waals surface area contributed by atoms with E-state index in [1.165, 1.54) is 25.2 Å². The van der Waals surface area contributed by atoms with Crippen LogP contribution in [0, 0.1) is 13.8 Å². The minimum atomic E-state index is -1.05. The van der Waals surface area contributed by atoms with Gasteiger partial charge in [0.05, 0.1) is 31.5 Å². The van der Waals surface area contributed by atoms with Crippen molar-refractivity contribution < 1.29 is 33.2 Å². The summed E-state index contributed by atoms with van der Waals surface area (Å²) in [4.78, 5) is 48.4. The fourth-order valence-corrected chi connectivity index (χ4v) is 2.94. The summed E-state index contributed by atoms with van der Waals surface area (Å²) in [5, 5.41) is 10.9. The second-order valence-electron chi connectivity index (χ2n) is 9.07. The number of carbonyl (C=O) groups is 4. The molecule has 0 aliphatic carbocycles. The zero-order valence-electron chi connectivity index (χ0n) is 23.3. The van der Waals surface area contributed by atoms with Crippen molar-refractivity contribution in [2.75, 3.05) is 26.9 Å². The number of aromatic nitrogens is 1. The molecule has 1 aromatic carbocycles. The van der Waals surface area contributed by atoms with Crippen LogP contribution in [0.15, 0.2) is 40.9 Å². The van der Waals surface area contributed by atoms with Crippen LogP contribution in [0.2, 0.25) is 0 Å². The first-order chi connectivity index (χ1) is 18.0. The lowest BCUT2D eigenvalue weighted by molar-refractivity contribution is -0.131. The Morgan fingerprint density at radius 2 is 1.71 bits per heavy atom. The fraction of sp³-hybridized carbons (Fsp3) is 0.519. The van der Waals surface area contributed by atoms with Crippen molar-refractivity contribution in [3.8, 4) is 0 Å². The summed E-state index contributed by atoms with van der Waals surface area (Å²) in [6.45, 7) is 11.0. The van der Waals surface area contributed by atoms with Crippen LogP contribution < -0.4 is 16.0 Å². The maximum atomic E-state index is 12.3. The Morgan fingerprint density at radius 3 is 2.16 bits per heavy atom. The van der Waals surface area contributed by atoms with Crippen LogP contribution >= 0.6 is 0 Å². The summed E-state index contributed by atoms with van der Waals surface area (Å²) in [5.41, 5.74) is 0.995. The topological polar surface area (TPSA) is 152 Å². The van der Waals surface area contributed by atoms with Crippen LogP contribution in [0.1, 0.15) is 55.9 Å². The van der Waals surface area contributed by atoms with Crippen molar-refractivity contribution >= 4 is 23.5 Å². The number of Topliss-reactive ketones (excluding diaryl/α,β-unsaturated/α-hetero) is 1. The SMILES string of the molecule is CCC.COC[C@H](NC(=O)c1cc(C)no1)C(=O)NCC(=O)N[C@@H](C)C(=O)C1(C)CO1.Cc1ccccc1. The Balaban J connectivity index is 0.000000605. The van der Waals surface area contributed by atoms with E-state index >= 15 is 0 Å². The van der Waals surface area contributed by atoms with Gasteiger partial charge in [-0.05, 0) is 27.7 Å². The first-order valence-electron chi connectivity index (χ1n) is 12.5. The van der Waals surface area contributed by atoms with Crippen molar-refractivity contribution in [1.82, 2.24) is 21.1 Å². The number of epoxide rings is 1. The molecule has 11 heteroatoms. The van der Waals surface area contributed by atoms with Crippen LogP contribution in [0.5, 0.6) is 0 Å². The van der Waals surface area contributed by atoms with E-state index < -0.39 is 35.4 Å². The summed E-state index contributed by atoms with van der Waals surface area (Å²) in [5.74, 6) is -2.10. The number of aryl methyl sites for hydroxylation is 2. The average Bonchev–Trinajstić information content (AvgIpc) is 3.48. The van der Waals surface area contributed by atoms with Crippen LogP contribution in [0.4, 0.5) is 0 Å². The van der Waals surface area contributed by atoms with Gasteiger partial charge in [-0.15, -0.1) is 0 Å². The van der Waals surface area contributed by atoms with E-state index in [2.05, 4.69) is 54.0 Å². The van der Waals surface area contributed by atoms with Gasteiger partial charge in [0.2, 0.25) is 17.6 Å². The summed E-state index contributed by atoms with van der Waals surface area (Å²) in [7, 11) is 1.37. The van der Waals surface area contributed by atoms with Gasteiger partial charge in [0, 0.05) is 13.2 Å². The number of carbonyl (C=O) groups excluding carboxylic acids is 4. The molecule has 2 heterocycles. The van der Waals surface area contributed by atoms with Crippen LogP contribution in [-0.2, 0) is 23.9 Å². The molecule has 1 aromatic heterocycles. The molecule has 1 aliphatic heterocycles. The highest BCUT2D eigenvalue weighted by atomic mass is 16.6. The number of hydrogen-bond donors (Lipinski definition) is 3. The molecular formula is C27H40N4O7. The lowest BCUT2D eigenvalue weighted by atomic mass is 10.0. The van der Waals surface area contributed by atoms with E-state index in [9.17, 15) is 19.2 Å². The van der Waals surface area contributed by atoms with Gasteiger partial charge in [-0.25, -0.2) is 0 Å². The Morgan fingerprint density at radius 1 is 1.11 bits per heavy atom.